The molecule has 0 radical (unpaired) electrons. The van der Waals surface area contributed by atoms with Crippen molar-refractivity contribution >= 4 is 5.78 Å². The second kappa shape index (κ2) is 4.55. The summed E-state index contributed by atoms with van der Waals surface area (Å²) in [4.78, 5) is 10.5. The van der Waals surface area contributed by atoms with Crippen molar-refractivity contribution in [1.29, 1.82) is 0 Å². The summed E-state index contributed by atoms with van der Waals surface area (Å²) in [6, 6.07) is 0. The van der Waals surface area contributed by atoms with E-state index < -0.39 is 6.17 Å². The van der Waals surface area contributed by atoms with Crippen LogP contribution in [0.5, 0.6) is 0 Å². The van der Waals surface area contributed by atoms with E-state index in [-0.39, 0.29) is 11.7 Å². The van der Waals surface area contributed by atoms with Crippen LogP contribution in [0, 0.1) is 5.92 Å². The zero-order valence-electron chi connectivity index (χ0n) is 7.38. The molecule has 0 N–H and O–H groups in total. The highest BCUT2D eigenvalue weighted by molar-refractivity contribution is 5.89. The Kier molecular flexibility index (Phi) is 3.66. The second-order valence-corrected chi connectivity index (χ2v) is 3.26. The topological polar surface area (TPSA) is 26.3 Å². The molecule has 12 heavy (non-hydrogen) atoms. The zero-order valence-corrected chi connectivity index (χ0v) is 7.38. The van der Waals surface area contributed by atoms with E-state index in [9.17, 15) is 9.18 Å². The first-order chi connectivity index (χ1) is 5.75. The third-order valence-corrected chi connectivity index (χ3v) is 2.16. The molecule has 70 valence electrons. The number of carbonyl (C=O) groups is 1. The maximum absolute atomic E-state index is 12.7. The Morgan fingerprint density at radius 3 is 2.92 bits per heavy atom. The molecular weight excluding hydrogens is 159 g/mol. The quantitative estimate of drug-likeness (QED) is 0.593. The number of alkyl halides is 1. The molecule has 0 aromatic carbocycles. The summed E-state index contributed by atoms with van der Waals surface area (Å²) >= 11 is 0. The van der Waals surface area contributed by atoms with Crippen LogP contribution in [-0.2, 0) is 9.53 Å². The summed E-state index contributed by atoms with van der Waals surface area (Å²) < 4.78 is 17.9. The largest absolute Gasteiger partial charge is 0.381 e. The van der Waals surface area contributed by atoms with Gasteiger partial charge in [0.05, 0.1) is 6.61 Å². The molecular formula is C9H15FO2. The predicted molar refractivity (Wildman–Crippen MR) is 43.7 cm³/mol. The van der Waals surface area contributed by atoms with Gasteiger partial charge >= 0.3 is 0 Å². The van der Waals surface area contributed by atoms with Gasteiger partial charge in [0.25, 0.3) is 0 Å². The smallest absolute Gasteiger partial charge is 0.167 e. The lowest BCUT2D eigenvalue weighted by atomic mass is 9.82. The maximum Gasteiger partial charge on any atom is 0.167 e. The first-order valence-corrected chi connectivity index (χ1v) is 4.50. The lowest BCUT2D eigenvalue weighted by Gasteiger charge is -2.28. The molecule has 0 heterocycles. The maximum atomic E-state index is 12.7. The van der Waals surface area contributed by atoms with Crippen LogP contribution in [0.25, 0.3) is 0 Å². The van der Waals surface area contributed by atoms with Gasteiger partial charge in [-0.15, -0.1) is 0 Å². The Bertz CT molecular complexity index is 159. The fourth-order valence-corrected chi connectivity index (χ4v) is 1.20. The van der Waals surface area contributed by atoms with Gasteiger partial charge in [-0.25, -0.2) is 4.39 Å². The molecule has 0 aliphatic heterocycles. The van der Waals surface area contributed by atoms with Gasteiger partial charge in [-0.1, -0.05) is 13.3 Å². The number of ether oxygens (including phenoxy) is 1. The van der Waals surface area contributed by atoms with E-state index in [1.54, 1.807) is 0 Å². The highest BCUT2D eigenvalue weighted by atomic mass is 19.1. The summed E-state index contributed by atoms with van der Waals surface area (Å²) in [6.07, 6.45) is 1.22. The van der Waals surface area contributed by atoms with E-state index in [4.69, 9.17) is 4.74 Å². The highest BCUT2D eigenvalue weighted by Crippen LogP contribution is 2.26. The Morgan fingerprint density at radius 1 is 1.67 bits per heavy atom. The predicted octanol–water partition coefficient (Wildman–Crippen LogP) is 1.73. The van der Waals surface area contributed by atoms with Crippen LogP contribution in [0.3, 0.4) is 0 Å². The second-order valence-electron chi connectivity index (χ2n) is 3.26. The van der Waals surface area contributed by atoms with Crippen LogP contribution in [0.2, 0.25) is 0 Å². The van der Waals surface area contributed by atoms with Crippen LogP contribution >= 0.6 is 0 Å². The lowest BCUT2D eigenvalue weighted by molar-refractivity contribution is -0.138. The molecule has 1 aliphatic carbocycles. The number of Topliss-reactive ketones (excluding diaryl/α,β-unsaturated/α-hetero) is 1. The molecule has 2 unspecified atom stereocenters. The number of unbranched alkanes of at least 4 members (excludes halogenated alkanes) is 1. The van der Waals surface area contributed by atoms with Crippen molar-refractivity contribution < 1.29 is 13.9 Å². The standard InChI is InChI=1S/C9H15FO2/c1-2-3-4-12-6-7-5-8(11)9(7)10/h7,9H,2-6H2,1H3. The van der Waals surface area contributed by atoms with Crippen molar-refractivity contribution in [2.24, 2.45) is 5.92 Å². The van der Waals surface area contributed by atoms with Gasteiger partial charge in [0.1, 0.15) is 0 Å². The Labute approximate surface area is 72.1 Å². The molecule has 1 fully saturated rings. The minimum Gasteiger partial charge on any atom is -0.381 e. The average Bonchev–Trinajstić information content (AvgIpc) is 2.10. The van der Waals surface area contributed by atoms with Crippen LogP contribution in [0.15, 0.2) is 0 Å². The molecule has 0 aromatic heterocycles. The summed E-state index contributed by atoms with van der Waals surface area (Å²) in [5.74, 6) is -0.423. The third-order valence-electron chi connectivity index (χ3n) is 2.16. The van der Waals surface area contributed by atoms with Crippen molar-refractivity contribution in [3.8, 4) is 0 Å². The molecule has 0 aromatic rings. The molecule has 3 heteroatoms. The van der Waals surface area contributed by atoms with Crippen LogP contribution < -0.4 is 0 Å². The average molecular weight is 174 g/mol. The van der Waals surface area contributed by atoms with Gasteiger partial charge in [-0.2, -0.15) is 0 Å². The Balaban J connectivity index is 1.98. The normalized spacial score (nSPS) is 28.7. The molecule has 0 amide bonds. The molecule has 0 spiro atoms. The lowest BCUT2D eigenvalue weighted by Crippen LogP contribution is -2.41. The number of hydrogen-bond acceptors (Lipinski definition) is 2. The summed E-state index contributed by atoms with van der Waals surface area (Å²) in [7, 11) is 0. The van der Waals surface area contributed by atoms with E-state index in [1.165, 1.54) is 0 Å². The summed E-state index contributed by atoms with van der Waals surface area (Å²) in [5.41, 5.74) is 0. The van der Waals surface area contributed by atoms with Crippen molar-refractivity contribution in [2.45, 2.75) is 32.4 Å². The number of hydrogen-bond donors (Lipinski definition) is 0. The van der Waals surface area contributed by atoms with Gasteiger partial charge in [0, 0.05) is 18.9 Å². The SMILES string of the molecule is CCCCOCC1CC(=O)C1F. The van der Waals surface area contributed by atoms with Crippen molar-refractivity contribution in [3.63, 3.8) is 0 Å². The summed E-state index contributed by atoms with van der Waals surface area (Å²) in [5, 5.41) is 0. The molecule has 0 saturated heterocycles. The number of carbonyl (C=O) groups excluding carboxylic acids is 1. The van der Waals surface area contributed by atoms with Gasteiger partial charge in [0.15, 0.2) is 12.0 Å². The van der Waals surface area contributed by atoms with Gasteiger partial charge in [-0.3, -0.25) is 4.79 Å². The van der Waals surface area contributed by atoms with Gasteiger partial charge in [0.2, 0.25) is 0 Å². The number of ketones is 1. The zero-order chi connectivity index (χ0) is 8.97. The highest BCUT2D eigenvalue weighted by Gasteiger charge is 2.39. The molecule has 2 nitrogen and oxygen atoms in total. The van der Waals surface area contributed by atoms with Crippen molar-refractivity contribution in [1.82, 2.24) is 0 Å². The molecule has 1 saturated carbocycles. The van der Waals surface area contributed by atoms with Crippen LogP contribution in [0.1, 0.15) is 26.2 Å². The summed E-state index contributed by atoms with van der Waals surface area (Å²) in [6.45, 7) is 3.18. The van der Waals surface area contributed by atoms with E-state index in [0.717, 1.165) is 12.8 Å². The number of halogens is 1. The third kappa shape index (κ3) is 2.27. The minimum atomic E-state index is -1.24. The van der Waals surface area contributed by atoms with E-state index >= 15 is 0 Å². The van der Waals surface area contributed by atoms with Crippen molar-refractivity contribution in [2.75, 3.05) is 13.2 Å². The van der Waals surface area contributed by atoms with Crippen LogP contribution in [-0.4, -0.2) is 25.2 Å². The molecule has 0 bridgehead atoms. The molecule has 2 atom stereocenters. The van der Waals surface area contributed by atoms with E-state index in [0.29, 0.717) is 19.6 Å². The Hall–Kier alpha value is -0.440. The fourth-order valence-electron chi connectivity index (χ4n) is 1.20. The minimum absolute atomic E-state index is 0.158. The molecule has 1 rings (SSSR count). The van der Waals surface area contributed by atoms with Crippen LogP contribution in [0.4, 0.5) is 4.39 Å². The van der Waals surface area contributed by atoms with Gasteiger partial charge < -0.3 is 4.74 Å². The van der Waals surface area contributed by atoms with E-state index in [1.807, 2.05) is 0 Å². The van der Waals surface area contributed by atoms with E-state index in [2.05, 4.69) is 6.92 Å². The van der Waals surface area contributed by atoms with Crippen molar-refractivity contribution in [3.05, 3.63) is 0 Å². The number of rotatable bonds is 5. The first kappa shape index (κ1) is 9.65. The molecule has 1 aliphatic rings. The fraction of sp³-hybridized carbons (Fsp3) is 0.889. The first-order valence-electron chi connectivity index (χ1n) is 4.50. The Morgan fingerprint density at radius 2 is 2.42 bits per heavy atom. The van der Waals surface area contributed by atoms with Gasteiger partial charge in [-0.05, 0) is 6.42 Å². The monoisotopic (exact) mass is 174 g/mol.